The minimum Gasteiger partial charge on any atom is -0.474 e. The molecule has 0 spiro atoms. The highest BCUT2D eigenvalue weighted by Gasteiger charge is 2.39. The molecule has 3 aromatic rings. The largest absolute Gasteiger partial charge is 0.474 e. The molecular formula is C32H39F3N6O3S2. The minimum absolute atomic E-state index is 0.0293. The highest BCUT2D eigenvalue weighted by atomic mass is 32.1. The quantitative estimate of drug-likeness (QED) is 0.110. The van der Waals surface area contributed by atoms with Gasteiger partial charge in [0, 0.05) is 42.4 Å². The Hall–Kier alpha value is -3.39. The number of nitrogens with zero attached hydrogens (tertiary/aromatic N) is 5. The first kappa shape index (κ1) is 34.0. The van der Waals surface area contributed by atoms with Crippen molar-refractivity contribution in [3.05, 3.63) is 40.4 Å². The van der Waals surface area contributed by atoms with E-state index in [9.17, 15) is 22.8 Å². The standard InChI is InChI=1S/C32H39F3N6O3S2/c1-19(2)25-16-45-30(38-25)24-15-27(40-28(36-24)31-39-26(17-46-31)32(33,34)35)44-22-11-8-10-21(13-22)29(43)37-23-14-20(23)9-6-4-5-7-12-41(3)18-42/h6,9,15-23H,4-5,7-8,10-14H2,1-3H3,(H,37,43)/b9-6-/t20-,21?,22+,23?/m1/s1. The van der Waals surface area contributed by atoms with Crippen LogP contribution in [0.1, 0.15) is 82.5 Å². The lowest BCUT2D eigenvalue weighted by Crippen LogP contribution is -2.38. The smallest absolute Gasteiger partial charge is 0.434 e. The van der Waals surface area contributed by atoms with Crippen LogP contribution in [0.4, 0.5) is 13.2 Å². The number of amides is 2. The molecule has 4 atom stereocenters. The van der Waals surface area contributed by atoms with E-state index >= 15 is 0 Å². The zero-order chi connectivity index (χ0) is 32.8. The summed E-state index contributed by atoms with van der Waals surface area (Å²) in [6.45, 7) is 4.82. The summed E-state index contributed by atoms with van der Waals surface area (Å²) in [4.78, 5) is 42.9. The van der Waals surface area contributed by atoms with Gasteiger partial charge in [0.1, 0.15) is 16.8 Å². The Morgan fingerprint density at radius 3 is 2.63 bits per heavy atom. The van der Waals surface area contributed by atoms with Crippen LogP contribution in [0.25, 0.3) is 21.5 Å². The summed E-state index contributed by atoms with van der Waals surface area (Å²) in [6.07, 6.45) is 7.02. The SMILES string of the molecule is CC(C)c1csc(-c2cc(O[C@H]3CCCC(C(=O)NC4C[C@H]4/C=C\CCCCN(C)C=O)C3)nc(-c3nc(C(F)(F)F)cs3)n2)n1. The maximum atomic E-state index is 13.3. The second kappa shape index (κ2) is 15.0. The monoisotopic (exact) mass is 676 g/mol. The molecule has 0 saturated heterocycles. The highest BCUT2D eigenvalue weighted by Crippen LogP contribution is 2.37. The molecule has 248 valence electrons. The summed E-state index contributed by atoms with van der Waals surface area (Å²) in [6, 6.07) is 1.81. The first-order valence-electron chi connectivity index (χ1n) is 15.7. The summed E-state index contributed by atoms with van der Waals surface area (Å²) in [5, 5.41) is 6.74. The number of rotatable bonds is 14. The second-order valence-corrected chi connectivity index (χ2v) is 14.0. The number of hydrogen-bond acceptors (Lipinski definition) is 9. The normalized spacial score (nSPS) is 21.5. The first-order chi connectivity index (χ1) is 22.0. The molecule has 0 bridgehead atoms. The third-order valence-corrected chi connectivity index (χ3v) is 9.89. The van der Waals surface area contributed by atoms with E-state index in [4.69, 9.17) is 4.74 Å². The molecule has 14 heteroatoms. The number of carbonyl (C=O) groups is 2. The van der Waals surface area contributed by atoms with Crippen LogP contribution < -0.4 is 10.1 Å². The van der Waals surface area contributed by atoms with E-state index in [-0.39, 0.29) is 46.6 Å². The van der Waals surface area contributed by atoms with Crippen LogP contribution in [0, 0.1) is 11.8 Å². The third-order valence-electron chi connectivity index (χ3n) is 8.17. The van der Waals surface area contributed by atoms with Gasteiger partial charge in [-0.3, -0.25) is 9.59 Å². The number of halogens is 3. The number of alkyl halides is 3. The van der Waals surface area contributed by atoms with Crippen molar-refractivity contribution in [1.29, 1.82) is 0 Å². The van der Waals surface area contributed by atoms with Crippen molar-refractivity contribution in [3.8, 4) is 27.4 Å². The molecule has 2 aliphatic rings. The molecule has 0 aromatic carbocycles. The number of ether oxygens (including phenoxy) is 1. The van der Waals surface area contributed by atoms with Gasteiger partial charge in [-0.25, -0.2) is 15.0 Å². The van der Waals surface area contributed by atoms with Gasteiger partial charge < -0.3 is 15.0 Å². The predicted octanol–water partition coefficient (Wildman–Crippen LogP) is 7.12. The van der Waals surface area contributed by atoms with Gasteiger partial charge in [0.15, 0.2) is 16.5 Å². The Labute approximate surface area is 274 Å². The van der Waals surface area contributed by atoms with Gasteiger partial charge >= 0.3 is 6.18 Å². The number of allylic oxidation sites excluding steroid dienone is 1. The fourth-order valence-corrected chi connectivity index (χ4v) is 7.07. The van der Waals surface area contributed by atoms with Crippen LogP contribution in [0.5, 0.6) is 5.88 Å². The van der Waals surface area contributed by atoms with E-state index in [2.05, 4.69) is 37.4 Å². The van der Waals surface area contributed by atoms with Crippen LogP contribution in [0.15, 0.2) is 29.0 Å². The molecule has 0 aliphatic heterocycles. The van der Waals surface area contributed by atoms with Gasteiger partial charge in [-0.05, 0) is 63.2 Å². The van der Waals surface area contributed by atoms with Crippen molar-refractivity contribution < 1.29 is 27.5 Å². The molecule has 2 saturated carbocycles. The zero-order valence-corrected chi connectivity index (χ0v) is 27.8. The van der Waals surface area contributed by atoms with E-state index < -0.39 is 11.9 Å². The lowest BCUT2D eigenvalue weighted by atomic mass is 9.86. The first-order valence-corrected chi connectivity index (χ1v) is 17.4. The lowest BCUT2D eigenvalue weighted by molar-refractivity contribution is -0.140. The molecule has 5 rings (SSSR count). The van der Waals surface area contributed by atoms with E-state index in [1.54, 1.807) is 18.0 Å². The molecular weight excluding hydrogens is 638 g/mol. The average molecular weight is 677 g/mol. The number of nitrogens with one attached hydrogen (secondary N) is 1. The van der Waals surface area contributed by atoms with Gasteiger partial charge in [-0.1, -0.05) is 26.0 Å². The maximum absolute atomic E-state index is 13.3. The maximum Gasteiger partial charge on any atom is 0.434 e. The van der Waals surface area contributed by atoms with Gasteiger partial charge in [0.25, 0.3) is 0 Å². The lowest BCUT2D eigenvalue weighted by Gasteiger charge is -2.28. The van der Waals surface area contributed by atoms with Crippen molar-refractivity contribution in [1.82, 2.24) is 30.2 Å². The Morgan fingerprint density at radius 1 is 1.11 bits per heavy atom. The summed E-state index contributed by atoms with van der Waals surface area (Å²) >= 11 is 2.22. The number of carbonyl (C=O) groups excluding carboxylic acids is 2. The van der Waals surface area contributed by atoms with Crippen molar-refractivity contribution in [2.45, 2.75) is 89.5 Å². The second-order valence-electron chi connectivity index (χ2n) is 12.3. The number of thiazole rings is 2. The Morgan fingerprint density at radius 2 is 1.91 bits per heavy atom. The fourth-order valence-electron chi connectivity index (χ4n) is 5.37. The molecule has 1 N–H and O–H groups in total. The molecule has 2 amide bonds. The number of unbranched alkanes of at least 4 members (excludes halogenated alkanes) is 2. The van der Waals surface area contributed by atoms with Crippen LogP contribution in [0.3, 0.4) is 0 Å². The van der Waals surface area contributed by atoms with Crippen LogP contribution in [0.2, 0.25) is 0 Å². The Balaban J connectivity index is 1.21. The fraction of sp³-hybridized carbons (Fsp3) is 0.562. The van der Waals surface area contributed by atoms with Crippen molar-refractivity contribution >= 4 is 35.0 Å². The van der Waals surface area contributed by atoms with Crippen molar-refractivity contribution in [2.75, 3.05) is 13.6 Å². The summed E-state index contributed by atoms with van der Waals surface area (Å²) in [7, 11) is 1.78. The summed E-state index contributed by atoms with van der Waals surface area (Å²) in [5.74, 6) is 0.653. The molecule has 2 fully saturated rings. The average Bonchev–Trinajstić information content (AvgIpc) is 3.39. The molecule has 0 radical (unpaired) electrons. The molecule has 46 heavy (non-hydrogen) atoms. The van der Waals surface area contributed by atoms with E-state index in [1.165, 1.54) is 11.3 Å². The summed E-state index contributed by atoms with van der Waals surface area (Å²) < 4.78 is 46.2. The van der Waals surface area contributed by atoms with Gasteiger partial charge in [0.05, 0.1) is 5.69 Å². The van der Waals surface area contributed by atoms with Crippen molar-refractivity contribution in [2.24, 2.45) is 11.8 Å². The van der Waals surface area contributed by atoms with E-state index in [0.29, 0.717) is 23.0 Å². The molecule has 9 nitrogen and oxygen atoms in total. The molecule has 2 aliphatic carbocycles. The number of aromatic nitrogens is 4. The minimum atomic E-state index is -4.57. The predicted molar refractivity (Wildman–Crippen MR) is 171 cm³/mol. The van der Waals surface area contributed by atoms with Gasteiger partial charge in [-0.2, -0.15) is 18.2 Å². The third kappa shape index (κ3) is 9.11. The molecule has 3 heterocycles. The Bertz CT molecular complexity index is 1520. The Kier molecular flexibility index (Phi) is 11.1. The number of hydrogen-bond donors (Lipinski definition) is 1. The highest BCUT2D eigenvalue weighted by molar-refractivity contribution is 7.13. The topological polar surface area (TPSA) is 110 Å². The zero-order valence-electron chi connectivity index (χ0n) is 26.1. The van der Waals surface area contributed by atoms with E-state index in [1.807, 2.05) is 19.2 Å². The molecule has 2 unspecified atom stereocenters. The van der Waals surface area contributed by atoms with Crippen LogP contribution >= 0.6 is 22.7 Å². The summed E-state index contributed by atoms with van der Waals surface area (Å²) in [5.41, 5.74) is 0.353. The van der Waals surface area contributed by atoms with Crippen molar-refractivity contribution in [3.63, 3.8) is 0 Å². The van der Waals surface area contributed by atoms with Crippen LogP contribution in [-0.4, -0.2) is 62.9 Å². The van der Waals surface area contributed by atoms with Crippen LogP contribution in [-0.2, 0) is 15.8 Å². The molecule has 3 aromatic heterocycles. The van der Waals surface area contributed by atoms with Gasteiger partial charge in [-0.15, -0.1) is 22.7 Å². The van der Waals surface area contributed by atoms with Gasteiger partial charge in [0.2, 0.25) is 18.2 Å². The van der Waals surface area contributed by atoms with E-state index in [0.717, 1.165) is 80.3 Å².